The lowest BCUT2D eigenvalue weighted by Crippen LogP contribution is -2.28. The SMILES string of the molecule is CCC(C)(OC)c1nnc(CO)n1-c1ccccc1. The molecule has 0 aliphatic heterocycles. The smallest absolute Gasteiger partial charge is 0.169 e. The van der Waals surface area contributed by atoms with E-state index in [1.54, 1.807) is 7.11 Å². The second-order valence-electron chi connectivity index (χ2n) is 4.56. The summed E-state index contributed by atoms with van der Waals surface area (Å²) in [6.07, 6.45) is 0.764. The highest BCUT2D eigenvalue weighted by molar-refractivity contribution is 5.35. The second kappa shape index (κ2) is 5.50. The van der Waals surface area contributed by atoms with E-state index in [4.69, 9.17) is 4.74 Å². The molecular weight excluding hydrogens is 242 g/mol. The number of aliphatic hydroxyl groups is 1. The largest absolute Gasteiger partial charge is 0.388 e. The summed E-state index contributed by atoms with van der Waals surface area (Å²) in [4.78, 5) is 0. The molecule has 0 aliphatic rings. The number of hydrogen-bond donors (Lipinski definition) is 1. The van der Waals surface area contributed by atoms with E-state index < -0.39 is 5.60 Å². The standard InChI is InChI=1S/C14H19N3O2/c1-4-14(2,19-3)13-16-15-12(10-18)17(13)11-8-6-5-7-9-11/h5-9,18H,4,10H2,1-3H3. The minimum Gasteiger partial charge on any atom is -0.388 e. The molecule has 1 atom stereocenters. The van der Waals surface area contributed by atoms with Crippen LogP contribution in [0.4, 0.5) is 0 Å². The molecule has 1 heterocycles. The monoisotopic (exact) mass is 261 g/mol. The predicted octanol–water partition coefficient (Wildman–Crippen LogP) is 2.03. The summed E-state index contributed by atoms with van der Waals surface area (Å²) in [6.45, 7) is 3.84. The van der Waals surface area contributed by atoms with Crippen molar-refractivity contribution < 1.29 is 9.84 Å². The first-order valence-electron chi connectivity index (χ1n) is 6.32. The van der Waals surface area contributed by atoms with E-state index in [2.05, 4.69) is 10.2 Å². The van der Waals surface area contributed by atoms with E-state index >= 15 is 0 Å². The average Bonchev–Trinajstić information content (AvgIpc) is 2.91. The zero-order valence-corrected chi connectivity index (χ0v) is 11.5. The Hall–Kier alpha value is -1.72. The van der Waals surface area contributed by atoms with Crippen LogP contribution in [-0.4, -0.2) is 27.0 Å². The van der Waals surface area contributed by atoms with E-state index in [0.717, 1.165) is 12.1 Å². The maximum Gasteiger partial charge on any atom is 0.169 e. The summed E-state index contributed by atoms with van der Waals surface area (Å²) in [7, 11) is 1.66. The first-order chi connectivity index (χ1) is 9.16. The van der Waals surface area contributed by atoms with Gasteiger partial charge in [-0.25, -0.2) is 0 Å². The van der Waals surface area contributed by atoms with Crippen molar-refractivity contribution in [3.8, 4) is 5.69 Å². The molecule has 5 nitrogen and oxygen atoms in total. The molecule has 1 unspecified atom stereocenters. The Morgan fingerprint density at radius 2 is 1.95 bits per heavy atom. The summed E-state index contributed by atoms with van der Waals surface area (Å²) in [5.74, 6) is 1.21. The molecule has 1 aromatic carbocycles. The molecule has 2 aromatic rings. The number of benzene rings is 1. The third kappa shape index (κ3) is 2.39. The molecule has 1 aromatic heterocycles. The van der Waals surface area contributed by atoms with Crippen LogP contribution in [0.2, 0.25) is 0 Å². The van der Waals surface area contributed by atoms with Gasteiger partial charge in [0.25, 0.3) is 0 Å². The molecule has 0 radical (unpaired) electrons. The maximum atomic E-state index is 9.44. The Balaban J connectivity index is 2.61. The van der Waals surface area contributed by atoms with Crippen LogP contribution in [0.5, 0.6) is 0 Å². The van der Waals surface area contributed by atoms with Gasteiger partial charge in [-0.15, -0.1) is 10.2 Å². The number of rotatable bonds is 5. The van der Waals surface area contributed by atoms with Crippen LogP contribution in [0.15, 0.2) is 30.3 Å². The van der Waals surface area contributed by atoms with E-state index in [1.165, 1.54) is 0 Å². The summed E-state index contributed by atoms with van der Waals surface area (Å²) in [6, 6.07) is 9.74. The van der Waals surface area contributed by atoms with Gasteiger partial charge in [-0.05, 0) is 25.5 Å². The average molecular weight is 261 g/mol. The van der Waals surface area contributed by atoms with E-state index in [0.29, 0.717) is 11.6 Å². The van der Waals surface area contributed by atoms with Crippen LogP contribution in [0.1, 0.15) is 31.9 Å². The lowest BCUT2D eigenvalue weighted by atomic mass is 10.0. The highest BCUT2D eigenvalue weighted by Crippen LogP contribution is 2.29. The number of hydrogen-bond acceptors (Lipinski definition) is 4. The van der Waals surface area contributed by atoms with Gasteiger partial charge in [0, 0.05) is 12.8 Å². The van der Waals surface area contributed by atoms with E-state index in [9.17, 15) is 5.11 Å². The first-order valence-corrected chi connectivity index (χ1v) is 6.32. The van der Waals surface area contributed by atoms with E-state index in [1.807, 2.05) is 48.7 Å². The molecule has 1 N–H and O–H groups in total. The maximum absolute atomic E-state index is 9.44. The molecule has 0 saturated carbocycles. The molecule has 0 bridgehead atoms. The van der Waals surface area contributed by atoms with Crippen molar-refractivity contribution in [2.45, 2.75) is 32.5 Å². The molecule has 19 heavy (non-hydrogen) atoms. The number of methoxy groups -OCH3 is 1. The Morgan fingerprint density at radius 3 is 2.47 bits per heavy atom. The summed E-state index contributed by atoms with van der Waals surface area (Å²) >= 11 is 0. The summed E-state index contributed by atoms with van der Waals surface area (Å²) in [5.41, 5.74) is 0.388. The van der Waals surface area contributed by atoms with E-state index in [-0.39, 0.29) is 6.61 Å². The Kier molecular flexibility index (Phi) is 3.97. The Morgan fingerprint density at radius 1 is 1.26 bits per heavy atom. The molecular formula is C14H19N3O2. The minimum atomic E-state index is -0.531. The molecule has 2 rings (SSSR count). The predicted molar refractivity (Wildman–Crippen MR) is 71.9 cm³/mol. The molecule has 5 heteroatoms. The van der Waals surface area contributed by atoms with Gasteiger partial charge in [0.15, 0.2) is 11.6 Å². The molecule has 102 valence electrons. The fourth-order valence-corrected chi connectivity index (χ4v) is 2.00. The molecule has 0 saturated heterocycles. The zero-order valence-electron chi connectivity index (χ0n) is 11.5. The molecule has 0 amide bonds. The van der Waals surface area contributed by atoms with Gasteiger partial charge in [0.05, 0.1) is 0 Å². The van der Waals surface area contributed by atoms with Crippen molar-refractivity contribution in [2.24, 2.45) is 0 Å². The van der Waals surface area contributed by atoms with Crippen molar-refractivity contribution in [3.05, 3.63) is 42.0 Å². The highest BCUT2D eigenvalue weighted by Gasteiger charge is 2.31. The number of para-hydroxylation sites is 1. The lowest BCUT2D eigenvalue weighted by Gasteiger charge is -2.26. The van der Waals surface area contributed by atoms with Gasteiger partial charge in [-0.3, -0.25) is 4.57 Å². The molecule has 0 spiro atoms. The lowest BCUT2D eigenvalue weighted by molar-refractivity contribution is -0.0106. The van der Waals surface area contributed by atoms with Gasteiger partial charge in [0.1, 0.15) is 12.2 Å². The van der Waals surface area contributed by atoms with Crippen LogP contribution < -0.4 is 0 Å². The van der Waals surface area contributed by atoms with Crippen LogP contribution in [0.25, 0.3) is 5.69 Å². The van der Waals surface area contributed by atoms with Crippen LogP contribution in [0, 0.1) is 0 Å². The Labute approximate surface area is 112 Å². The van der Waals surface area contributed by atoms with Crippen molar-refractivity contribution in [3.63, 3.8) is 0 Å². The van der Waals surface area contributed by atoms with Crippen molar-refractivity contribution in [1.29, 1.82) is 0 Å². The topological polar surface area (TPSA) is 60.2 Å². The normalized spacial score (nSPS) is 14.3. The van der Waals surface area contributed by atoms with Crippen LogP contribution >= 0.6 is 0 Å². The second-order valence-corrected chi connectivity index (χ2v) is 4.56. The third-order valence-corrected chi connectivity index (χ3v) is 3.48. The zero-order chi connectivity index (χ0) is 13.9. The van der Waals surface area contributed by atoms with Gasteiger partial charge < -0.3 is 9.84 Å². The highest BCUT2D eigenvalue weighted by atomic mass is 16.5. The third-order valence-electron chi connectivity index (χ3n) is 3.48. The summed E-state index contributed by atoms with van der Waals surface area (Å²) < 4.78 is 7.44. The summed E-state index contributed by atoms with van der Waals surface area (Å²) in [5, 5.41) is 17.7. The Bertz CT molecular complexity index is 533. The number of ether oxygens (including phenoxy) is 1. The first kappa shape index (κ1) is 13.7. The van der Waals surface area contributed by atoms with Gasteiger partial charge in [0.2, 0.25) is 0 Å². The van der Waals surface area contributed by atoms with Crippen LogP contribution in [-0.2, 0) is 16.9 Å². The number of aliphatic hydroxyl groups excluding tert-OH is 1. The van der Waals surface area contributed by atoms with Crippen molar-refractivity contribution in [1.82, 2.24) is 14.8 Å². The van der Waals surface area contributed by atoms with Crippen molar-refractivity contribution in [2.75, 3.05) is 7.11 Å². The van der Waals surface area contributed by atoms with Gasteiger partial charge >= 0.3 is 0 Å². The molecule has 0 fully saturated rings. The quantitative estimate of drug-likeness (QED) is 0.894. The van der Waals surface area contributed by atoms with Gasteiger partial charge in [-0.2, -0.15) is 0 Å². The number of nitrogens with zero attached hydrogens (tertiary/aromatic N) is 3. The van der Waals surface area contributed by atoms with Crippen LogP contribution in [0.3, 0.4) is 0 Å². The number of aromatic nitrogens is 3. The van der Waals surface area contributed by atoms with Gasteiger partial charge in [-0.1, -0.05) is 25.1 Å². The van der Waals surface area contributed by atoms with Crippen molar-refractivity contribution >= 4 is 0 Å². The minimum absolute atomic E-state index is 0.161. The fraction of sp³-hybridized carbons (Fsp3) is 0.429. The fourth-order valence-electron chi connectivity index (χ4n) is 2.00. The molecule has 0 aliphatic carbocycles.